The maximum atomic E-state index is 12.1. The zero-order valence-corrected chi connectivity index (χ0v) is 14.9. The van der Waals surface area contributed by atoms with Crippen LogP contribution in [0.15, 0.2) is 28.7 Å². The predicted molar refractivity (Wildman–Crippen MR) is 89.5 cm³/mol. The molecule has 130 valence electrons. The van der Waals surface area contributed by atoms with Gasteiger partial charge >= 0.3 is 6.61 Å². The number of aromatic amines is 1. The Balaban J connectivity index is 1.86. The zero-order valence-electron chi connectivity index (χ0n) is 13.3. The minimum absolute atomic E-state index is 0.111. The minimum atomic E-state index is -2.84. The van der Waals surface area contributed by atoms with E-state index in [0.29, 0.717) is 23.1 Å². The number of nitrogens with zero attached hydrogens (tertiary/aromatic N) is 1. The van der Waals surface area contributed by atoms with E-state index in [9.17, 15) is 13.6 Å². The summed E-state index contributed by atoms with van der Waals surface area (Å²) in [5, 5.41) is 9.67. The van der Waals surface area contributed by atoms with E-state index < -0.39 is 6.61 Å². The van der Waals surface area contributed by atoms with Crippen LogP contribution in [-0.2, 0) is 6.42 Å². The first kappa shape index (κ1) is 18.4. The molecule has 8 heteroatoms. The van der Waals surface area contributed by atoms with Crippen LogP contribution in [-0.4, -0.2) is 29.3 Å². The molecule has 0 bridgehead atoms. The second kappa shape index (κ2) is 8.23. The topological polar surface area (TPSA) is 67.0 Å². The SMILES string of the molecule is CC(C)c1[nH]nc(C(=O)NCCc2ccc(OC(F)F)cc2)c1Br. The van der Waals surface area contributed by atoms with Gasteiger partial charge in [-0.1, -0.05) is 26.0 Å². The molecule has 1 amide bonds. The molecule has 0 aliphatic carbocycles. The second-order valence-electron chi connectivity index (χ2n) is 5.48. The van der Waals surface area contributed by atoms with Crippen LogP contribution in [0.1, 0.15) is 41.5 Å². The number of alkyl halides is 2. The number of carbonyl (C=O) groups excluding carboxylic acids is 1. The lowest BCUT2D eigenvalue weighted by Gasteiger charge is -2.07. The maximum Gasteiger partial charge on any atom is 0.387 e. The highest BCUT2D eigenvalue weighted by Gasteiger charge is 2.18. The number of H-pyrrole nitrogens is 1. The van der Waals surface area contributed by atoms with E-state index in [0.717, 1.165) is 11.3 Å². The molecule has 0 aliphatic heterocycles. The quantitative estimate of drug-likeness (QED) is 0.739. The molecule has 0 saturated heterocycles. The summed E-state index contributed by atoms with van der Waals surface area (Å²) in [7, 11) is 0. The van der Waals surface area contributed by atoms with Crippen molar-refractivity contribution in [1.82, 2.24) is 15.5 Å². The fraction of sp³-hybridized carbons (Fsp3) is 0.375. The minimum Gasteiger partial charge on any atom is -0.435 e. The van der Waals surface area contributed by atoms with Crippen molar-refractivity contribution in [3.63, 3.8) is 0 Å². The van der Waals surface area contributed by atoms with Gasteiger partial charge in [-0.05, 0) is 46.0 Å². The fourth-order valence-electron chi connectivity index (χ4n) is 2.12. The lowest BCUT2D eigenvalue weighted by Crippen LogP contribution is -2.26. The van der Waals surface area contributed by atoms with E-state index in [1.165, 1.54) is 12.1 Å². The monoisotopic (exact) mass is 401 g/mol. The summed E-state index contributed by atoms with van der Waals surface area (Å²) in [6, 6.07) is 6.32. The van der Waals surface area contributed by atoms with Crippen LogP contribution in [0.25, 0.3) is 0 Å². The molecule has 1 aromatic heterocycles. The number of aromatic nitrogens is 2. The second-order valence-corrected chi connectivity index (χ2v) is 6.28. The van der Waals surface area contributed by atoms with Gasteiger partial charge in [0.25, 0.3) is 5.91 Å². The van der Waals surface area contributed by atoms with Crippen molar-refractivity contribution >= 4 is 21.8 Å². The molecule has 0 unspecified atom stereocenters. The zero-order chi connectivity index (χ0) is 17.7. The maximum absolute atomic E-state index is 12.1. The van der Waals surface area contributed by atoms with E-state index in [1.54, 1.807) is 12.1 Å². The molecule has 0 radical (unpaired) electrons. The molecule has 2 N–H and O–H groups in total. The highest BCUT2D eigenvalue weighted by Crippen LogP contribution is 2.25. The average Bonchev–Trinajstić information content (AvgIpc) is 2.90. The molecule has 0 fully saturated rings. The van der Waals surface area contributed by atoms with E-state index in [1.807, 2.05) is 13.8 Å². The normalized spacial score (nSPS) is 11.1. The Bertz CT molecular complexity index is 687. The Labute approximate surface area is 146 Å². The first-order chi connectivity index (χ1) is 11.4. The molecule has 0 atom stereocenters. The number of amides is 1. The van der Waals surface area contributed by atoms with Crippen LogP contribution in [0.2, 0.25) is 0 Å². The van der Waals surface area contributed by atoms with Gasteiger partial charge in [-0.2, -0.15) is 13.9 Å². The van der Waals surface area contributed by atoms with Gasteiger partial charge in [0.1, 0.15) is 5.75 Å². The molecule has 0 spiro atoms. The Morgan fingerprint density at radius 2 is 2.00 bits per heavy atom. The Morgan fingerprint density at radius 3 is 2.54 bits per heavy atom. The van der Waals surface area contributed by atoms with Crippen molar-refractivity contribution in [3.05, 3.63) is 45.7 Å². The lowest BCUT2D eigenvalue weighted by molar-refractivity contribution is -0.0498. The first-order valence-electron chi connectivity index (χ1n) is 7.44. The molecule has 0 saturated carbocycles. The van der Waals surface area contributed by atoms with Crippen LogP contribution in [0.3, 0.4) is 0 Å². The summed E-state index contributed by atoms with van der Waals surface area (Å²) in [5.41, 5.74) is 2.09. The lowest BCUT2D eigenvalue weighted by atomic mass is 10.1. The average molecular weight is 402 g/mol. The molecule has 0 aliphatic rings. The number of nitrogens with one attached hydrogen (secondary N) is 2. The highest BCUT2D eigenvalue weighted by molar-refractivity contribution is 9.10. The van der Waals surface area contributed by atoms with Crippen LogP contribution in [0, 0.1) is 0 Å². The third-order valence-corrected chi connectivity index (χ3v) is 4.18. The molecular formula is C16H18BrF2N3O2. The Hall–Kier alpha value is -1.96. The fourth-order valence-corrected chi connectivity index (χ4v) is 2.93. The van der Waals surface area contributed by atoms with E-state index in [-0.39, 0.29) is 17.6 Å². The van der Waals surface area contributed by atoms with Gasteiger partial charge in [-0.25, -0.2) is 0 Å². The van der Waals surface area contributed by atoms with Gasteiger partial charge in [-0.3, -0.25) is 9.89 Å². The summed E-state index contributed by atoms with van der Waals surface area (Å²) in [6.45, 7) is 1.57. The number of halogens is 3. The third-order valence-electron chi connectivity index (χ3n) is 3.37. The predicted octanol–water partition coefficient (Wildman–Crippen LogP) is 3.87. The van der Waals surface area contributed by atoms with E-state index >= 15 is 0 Å². The van der Waals surface area contributed by atoms with E-state index in [4.69, 9.17) is 0 Å². The smallest absolute Gasteiger partial charge is 0.387 e. The number of hydrogen-bond donors (Lipinski definition) is 2. The van der Waals surface area contributed by atoms with Gasteiger partial charge in [0.15, 0.2) is 5.69 Å². The highest BCUT2D eigenvalue weighted by atomic mass is 79.9. The van der Waals surface area contributed by atoms with Crippen LogP contribution in [0.4, 0.5) is 8.78 Å². The summed E-state index contributed by atoms with van der Waals surface area (Å²) in [4.78, 5) is 12.1. The number of ether oxygens (including phenoxy) is 1. The summed E-state index contributed by atoms with van der Waals surface area (Å²) >= 11 is 3.39. The molecule has 1 heterocycles. The molecule has 2 rings (SSSR count). The van der Waals surface area contributed by atoms with Gasteiger partial charge in [0, 0.05) is 6.54 Å². The van der Waals surface area contributed by atoms with Crippen molar-refractivity contribution in [2.24, 2.45) is 0 Å². The molecule has 24 heavy (non-hydrogen) atoms. The third kappa shape index (κ3) is 4.77. The number of carbonyl (C=O) groups is 1. The molecule has 2 aromatic rings. The van der Waals surface area contributed by atoms with Crippen molar-refractivity contribution < 1.29 is 18.3 Å². The largest absolute Gasteiger partial charge is 0.435 e. The molecular weight excluding hydrogens is 384 g/mol. The van der Waals surface area contributed by atoms with Crippen molar-refractivity contribution in [2.75, 3.05) is 6.54 Å². The molecule has 5 nitrogen and oxygen atoms in total. The summed E-state index contributed by atoms with van der Waals surface area (Å²) in [6.07, 6.45) is 0.569. The van der Waals surface area contributed by atoms with Crippen molar-refractivity contribution in [3.8, 4) is 5.75 Å². The standard InChI is InChI=1S/C16H18BrF2N3O2/c1-9(2)13-12(17)14(22-21-13)15(23)20-8-7-10-3-5-11(6-4-10)24-16(18)19/h3-6,9,16H,7-8H2,1-2H3,(H,20,23)(H,21,22). The summed E-state index contributed by atoms with van der Waals surface area (Å²) < 4.78 is 29.1. The Kier molecular flexibility index (Phi) is 6.30. The van der Waals surface area contributed by atoms with Gasteiger partial charge in [0.05, 0.1) is 10.2 Å². The van der Waals surface area contributed by atoms with Crippen LogP contribution < -0.4 is 10.1 Å². The number of hydrogen-bond acceptors (Lipinski definition) is 3. The van der Waals surface area contributed by atoms with Gasteiger partial charge in [-0.15, -0.1) is 0 Å². The van der Waals surface area contributed by atoms with Gasteiger partial charge in [0.2, 0.25) is 0 Å². The van der Waals surface area contributed by atoms with Crippen molar-refractivity contribution in [2.45, 2.75) is 32.8 Å². The van der Waals surface area contributed by atoms with Crippen LogP contribution in [0.5, 0.6) is 5.75 Å². The summed E-state index contributed by atoms with van der Waals surface area (Å²) in [5.74, 6) is 0.0598. The van der Waals surface area contributed by atoms with Gasteiger partial charge < -0.3 is 10.1 Å². The van der Waals surface area contributed by atoms with Crippen molar-refractivity contribution in [1.29, 1.82) is 0 Å². The van der Waals surface area contributed by atoms with Crippen LogP contribution >= 0.6 is 15.9 Å². The van der Waals surface area contributed by atoms with E-state index in [2.05, 4.69) is 36.2 Å². The number of rotatable bonds is 7. The number of benzene rings is 1. The Morgan fingerprint density at radius 1 is 1.33 bits per heavy atom. The molecule has 1 aromatic carbocycles. The first-order valence-corrected chi connectivity index (χ1v) is 8.23.